The van der Waals surface area contributed by atoms with Gasteiger partial charge in [-0.1, -0.05) is 42.2 Å². The molecule has 0 amide bonds. The first-order chi connectivity index (χ1) is 17.6. The van der Waals surface area contributed by atoms with Gasteiger partial charge in [0, 0.05) is 49.8 Å². The van der Waals surface area contributed by atoms with Gasteiger partial charge in [-0.25, -0.2) is 4.98 Å². The minimum Gasteiger partial charge on any atom is -0.502 e. The predicted molar refractivity (Wildman–Crippen MR) is 141 cm³/mol. The maximum absolute atomic E-state index is 11.9. The van der Waals surface area contributed by atoms with Gasteiger partial charge in [-0.05, 0) is 41.8 Å². The van der Waals surface area contributed by atoms with Gasteiger partial charge >= 0.3 is 0 Å². The van der Waals surface area contributed by atoms with Crippen LogP contribution in [-0.4, -0.2) is 59.4 Å². The quantitative estimate of drug-likeness (QED) is 0.246. The molecule has 2 heterocycles. The average Bonchev–Trinajstić information content (AvgIpc) is 2.91. The Balaban J connectivity index is 1.39. The Morgan fingerprint density at radius 3 is 2.36 bits per heavy atom. The fourth-order valence-electron chi connectivity index (χ4n) is 4.19. The first kappa shape index (κ1) is 25.4. The Bertz CT molecular complexity index is 1250. The van der Waals surface area contributed by atoms with Crippen LogP contribution in [0.1, 0.15) is 33.9 Å². The van der Waals surface area contributed by atoms with E-state index >= 15 is 0 Å². The zero-order chi connectivity index (χ0) is 25.2. The minimum absolute atomic E-state index is 0.167. The normalized spacial score (nSPS) is 14.6. The van der Waals surface area contributed by atoms with Gasteiger partial charge in [0.15, 0.2) is 0 Å². The molecular formula is C29H32N4O3. The van der Waals surface area contributed by atoms with E-state index in [2.05, 4.69) is 62.9 Å². The fraction of sp³-hybridized carbons (Fsp3) is 0.310. The highest BCUT2D eigenvalue weighted by molar-refractivity contribution is 5.44. The molecule has 0 aliphatic carbocycles. The summed E-state index contributed by atoms with van der Waals surface area (Å²) in [5, 5.41) is 13.5. The number of hydrogen-bond acceptors (Lipinski definition) is 6. The molecule has 4 rings (SSSR count). The lowest BCUT2D eigenvalue weighted by atomic mass is 9.94. The summed E-state index contributed by atoms with van der Waals surface area (Å²) in [7, 11) is 0. The highest BCUT2D eigenvalue weighted by Gasteiger charge is 2.19. The van der Waals surface area contributed by atoms with E-state index in [1.165, 1.54) is 11.9 Å². The van der Waals surface area contributed by atoms with Gasteiger partial charge in [0.1, 0.15) is 0 Å². The zero-order valence-corrected chi connectivity index (χ0v) is 20.4. The van der Waals surface area contributed by atoms with Crippen molar-refractivity contribution in [2.24, 2.45) is 0 Å². The van der Waals surface area contributed by atoms with E-state index in [-0.39, 0.29) is 11.7 Å². The first-order valence-corrected chi connectivity index (χ1v) is 12.2. The summed E-state index contributed by atoms with van der Waals surface area (Å²) in [5.41, 5.74) is 4.11. The van der Waals surface area contributed by atoms with Gasteiger partial charge in [0.05, 0.1) is 25.2 Å². The van der Waals surface area contributed by atoms with Crippen LogP contribution in [0.2, 0.25) is 0 Å². The summed E-state index contributed by atoms with van der Waals surface area (Å²) < 4.78 is 5.41. The van der Waals surface area contributed by atoms with Crippen molar-refractivity contribution in [1.29, 1.82) is 0 Å². The molecule has 1 aliphatic rings. The lowest BCUT2D eigenvalue weighted by Gasteiger charge is -2.26. The molecule has 1 saturated heterocycles. The maximum atomic E-state index is 11.9. The van der Waals surface area contributed by atoms with Gasteiger partial charge in [-0.3, -0.25) is 9.69 Å². The number of morpholine rings is 1. The number of ether oxygens (including phenoxy) is 1. The molecule has 1 atom stereocenters. The second-order valence-electron chi connectivity index (χ2n) is 8.85. The lowest BCUT2D eigenvalue weighted by molar-refractivity contribution is 0.0342. The van der Waals surface area contributed by atoms with Crippen LogP contribution in [0.5, 0.6) is 5.75 Å². The van der Waals surface area contributed by atoms with Crippen molar-refractivity contribution < 1.29 is 9.84 Å². The van der Waals surface area contributed by atoms with Crippen molar-refractivity contribution in [2.45, 2.75) is 18.9 Å². The number of aromatic hydroxyl groups is 1. The van der Waals surface area contributed by atoms with E-state index in [0.29, 0.717) is 25.2 Å². The summed E-state index contributed by atoms with van der Waals surface area (Å²) in [5.74, 6) is 5.98. The summed E-state index contributed by atoms with van der Waals surface area (Å²) in [6, 6.07) is 16.5. The van der Waals surface area contributed by atoms with Crippen molar-refractivity contribution in [3.05, 3.63) is 106 Å². The second-order valence-corrected chi connectivity index (χ2v) is 8.85. The predicted octanol–water partition coefficient (Wildman–Crippen LogP) is 2.81. The molecule has 0 spiro atoms. The molecule has 0 radical (unpaired) electrons. The van der Waals surface area contributed by atoms with E-state index in [1.54, 1.807) is 6.08 Å². The van der Waals surface area contributed by atoms with E-state index in [1.807, 2.05) is 24.3 Å². The third-order valence-electron chi connectivity index (χ3n) is 6.17. The van der Waals surface area contributed by atoms with Gasteiger partial charge < -0.3 is 20.1 Å². The van der Waals surface area contributed by atoms with Crippen molar-refractivity contribution in [1.82, 2.24) is 20.2 Å². The highest BCUT2D eigenvalue weighted by Crippen LogP contribution is 2.23. The van der Waals surface area contributed by atoms with E-state index in [9.17, 15) is 9.90 Å². The number of hydrogen-bond donors (Lipinski definition) is 3. The molecule has 1 unspecified atom stereocenters. The SMILES string of the molecule is C=CCNCC(Cc1ccc(C#Cc2ccc(CN3CCOCC3)cc2)cc1)c1nc[nH]c(=O)c1O. The number of aromatic amines is 1. The molecule has 2 aromatic carbocycles. The Hall–Kier alpha value is -3.70. The summed E-state index contributed by atoms with van der Waals surface area (Å²) in [6.07, 6.45) is 3.71. The van der Waals surface area contributed by atoms with Crippen molar-refractivity contribution in [3.63, 3.8) is 0 Å². The zero-order valence-electron chi connectivity index (χ0n) is 20.4. The van der Waals surface area contributed by atoms with Crippen molar-refractivity contribution in [2.75, 3.05) is 39.4 Å². The summed E-state index contributed by atoms with van der Waals surface area (Å²) in [4.78, 5) is 20.9. The van der Waals surface area contributed by atoms with Crippen LogP contribution in [0.15, 0.2) is 72.3 Å². The molecule has 1 fully saturated rings. The van der Waals surface area contributed by atoms with Gasteiger partial charge in [0.2, 0.25) is 5.75 Å². The van der Waals surface area contributed by atoms with Gasteiger partial charge in [0.25, 0.3) is 5.56 Å². The van der Waals surface area contributed by atoms with Crippen LogP contribution in [-0.2, 0) is 17.7 Å². The van der Waals surface area contributed by atoms with Gasteiger partial charge in [-0.15, -0.1) is 6.58 Å². The standard InChI is InChI=1S/C29H32N4O3/c1-2-13-30-19-26(27-28(34)29(35)32-21-31-27)18-24-9-5-22(6-10-24)3-4-23-7-11-25(12-8-23)20-33-14-16-36-17-15-33/h2,5-12,21,26,30,34H,1,13-20H2,(H,31,32,35). The topological polar surface area (TPSA) is 90.5 Å². The molecule has 1 aliphatic heterocycles. The molecule has 3 N–H and O–H groups in total. The third kappa shape index (κ3) is 7.15. The molecular weight excluding hydrogens is 452 g/mol. The smallest absolute Gasteiger partial charge is 0.293 e. The molecule has 7 heteroatoms. The molecule has 36 heavy (non-hydrogen) atoms. The Morgan fingerprint density at radius 2 is 1.72 bits per heavy atom. The number of nitrogens with one attached hydrogen (secondary N) is 2. The van der Waals surface area contributed by atoms with E-state index < -0.39 is 5.56 Å². The number of rotatable bonds is 9. The Kier molecular flexibility index (Phi) is 9.06. The second kappa shape index (κ2) is 12.8. The first-order valence-electron chi connectivity index (χ1n) is 12.2. The van der Waals surface area contributed by atoms with Crippen LogP contribution in [0.4, 0.5) is 0 Å². The van der Waals surface area contributed by atoms with E-state index in [4.69, 9.17) is 4.74 Å². The van der Waals surface area contributed by atoms with Gasteiger partial charge in [-0.2, -0.15) is 0 Å². The molecule has 186 valence electrons. The lowest BCUT2D eigenvalue weighted by Crippen LogP contribution is -2.35. The molecule has 3 aromatic rings. The molecule has 0 saturated carbocycles. The fourth-order valence-corrected chi connectivity index (χ4v) is 4.19. The van der Waals surface area contributed by atoms with Crippen LogP contribution in [0.3, 0.4) is 0 Å². The highest BCUT2D eigenvalue weighted by atomic mass is 16.5. The van der Waals surface area contributed by atoms with Crippen LogP contribution in [0.25, 0.3) is 0 Å². The summed E-state index contributed by atoms with van der Waals surface area (Å²) in [6.45, 7) is 9.41. The number of aromatic nitrogens is 2. The number of H-pyrrole nitrogens is 1. The number of nitrogens with zero attached hydrogens (tertiary/aromatic N) is 2. The third-order valence-corrected chi connectivity index (χ3v) is 6.17. The largest absolute Gasteiger partial charge is 0.502 e. The monoisotopic (exact) mass is 484 g/mol. The number of benzene rings is 2. The van der Waals surface area contributed by atoms with Crippen LogP contribution < -0.4 is 10.9 Å². The molecule has 7 nitrogen and oxygen atoms in total. The Morgan fingerprint density at radius 1 is 1.08 bits per heavy atom. The summed E-state index contributed by atoms with van der Waals surface area (Å²) >= 11 is 0. The van der Waals surface area contributed by atoms with Crippen molar-refractivity contribution >= 4 is 0 Å². The Labute approximate surface area is 211 Å². The van der Waals surface area contributed by atoms with Crippen LogP contribution >= 0.6 is 0 Å². The maximum Gasteiger partial charge on any atom is 0.293 e. The van der Waals surface area contributed by atoms with Crippen molar-refractivity contribution in [3.8, 4) is 17.6 Å². The molecule has 1 aromatic heterocycles. The average molecular weight is 485 g/mol. The molecule has 0 bridgehead atoms. The minimum atomic E-state index is -0.534. The van der Waals surface area contributed by atoms with Crippen LogP contribution in [0, 0.1) is 11.8 Å². The van der Waals surface area contributed by atoms with E-state index in [0.717, 1.165) is 49.5 Å².